The molecule has 5 heteroatoms. The summed E-state index contributed by atoms with van der Waals surface area (Å²) in [6.07, 6.45) is 4.65. The molecule has 0 heterocycles. The Balaban J connectivity index is 0.000000557. The molecule has 0 aliphatic carbocycles. The van der Waals surface area contributed by atoms with Crippen molar-refractivity contribution in [1.29, 1.82) is 0 Å². The third-order valence-electron chi connectivity index (χ3n) is 1.49. The van der Waals surface area contributed by atoms with Gasteiger partial charge < -0.3 is 15.6 Å². The van der Waals surface area contributed by atoms with Gasteiger partial charge >= 0.3 is 11.9 Å². The molecular weight excluding hydrogens is 222 g/mol. The largest absolute Gasteiger partial charge is 0.478 e. The normalized spacial score (nSPS) is 8.29. The Bertz CT molecular complexity index is 434. The van der Waals surface area contributed by atoms with Gasteiger partial charge in [-0.1, -0.05) is 18.1 Å². The van der Waals surface area contributed by atoms with E-state index in [1.54, 1.807) is 12.1 Å². The van der Waals surface area contributed by atoms with Crippen LogP contribution in [0.15, 0.2) is 24.3 Å². The highest BCUT2D eigenvalue weighted by Gasteiger charge is 2.10. The first-order valence-electron chi connectivity index (χ1n) is 4.67. The molecule has 0 aromatic heterocycles. The van der Waals surface area contributed by atoms with Crippen molar-refractivity contribution in [3.8, 4) is 18.1 Å². The van der Waals surface area contributed by atoms with Gasteiger partial charge in [-0.15, -0.1) is 6.42 Å². The minimum atomic E-state index is -1.11. The number of aromatic carboxylic acids is 1. The Morgan fingerprint density at radius 3 is 2.41 bits per heavy atom. The van der Waals surface area contributed by atoms with E-state index in [1.807, 2.05) is 0 Å². The first kappa shape index (κ1) is 14.7. The molecule has 1 aromatic rings. The molecule has 1 aromatic carbocycles. The highest BCUT2D eigenvalue weighted by molar-refractivity contribution is 5.91. The van der Waals surface area contributed by atoms with Crippen molar-refractivity contribution in [2.24, 2.45) is 5.73 Å². The predicted molar refractivity (Wildman–Crippen MR) is 62.6 cm³/mol. The average Bonchev–Trinajstić information content (AvgIpc) is 2.29. The van der Waals surface area contributed by atoms with Crippen LogP contribution in [0, 0.1) is 12.3 Å². The summed E-state index contributed by atoms with van der Waals surface area (Å²) in [5.41, 5.74) is 4.78. The number of hydrogen-bond acceptors (Lipinski definition) is 4. The predicted octanol–water partition coefficient (Wildman–Crippen LogP) is 0.888. The van der Waals surface area contributed by atoms with Crippen LogP contribution >= 0.6 is 0 Å². The Morgan fingerprint density at radius 1 is 1.47 bits per heavy atom. The Morgan fingerprint density at radius 2 is 2.00 bits per heavy atom. The summed E-state index contributed by atoms with van der Waals surface area (Å²) in [6.45, 7) is 1.57. The SMILES string of the molecule is C#CCN.CC(=O)Oc1ccccc1C(=O)O. The monoisotopic (exact) mass is 235 g/mol. The number of para-hydroxylation sites is 1. The maximum atomic E-state index is 10.6. The van der Waals surface area contributed by atoms with Crippen LogP contribution in [0.25, 0.3) is 0 Å². The summed E-state index contributed by atoms with van der Waals surface area (Å²) in [6, 6.07) is 5.98. The number of terminal acetylenes is 1. The Hall–Kier alpha value is -2.32. The summed E-state index contributed by atoms with van der Waals surface area (Å²) < 4.78 is 4.69. The number of benzene rings is 1. The van der Waals surface area contributed by atoms with Gasteiger partial charge in [0.1, 0.15) is 11.3 Å². The fraction of sp³-hybridized carbons (Fsp3) is 0.167. The van der Waals surface area contributed by atoms with Crippen molar-refractivity contribution in [2.75, 3.05) is 6.54 Å². The number of rotatable bonds is 2. The second-order valence-corrected chi connectivity index (χ2v) is 2.80. The summed E-state index contributed by atoms with van der Waals surface area (Å²) in [5, 5.41) is 8.69. The topological polar surface area (TPSA) is 89.6 Å². The lowest BCUT2D eigenvalue weighted by Crippen LogP contribution is -2.06. The highest BCUT2D eigenvalue weighted by Crippen LogP contribution is 2.17. The van der Waals surface area contributed by atoms with Crippen molar-refractivity contribution in [3.05, 3.63) is 29.8 Å². The van der Waals surface area contributed by atoms with Crippen molar-refractivity contribution < 1.29 is 19.4 Å². The zero-order chi connectivity index (χ0) is 13.3. The third kappa shape index (κ3) is 5.97. The van der Waals surface area contributed by atoms with E-state index in [0.717, 1.165) is 0 Å². The molecule has 0 amide bonds. The second-order valence-electron chi connectivity index (χ2n) is 2.80. The van der Waals surface area contributed by atoms with Crippen LogP contribution in [-0.4, -0.2) is 23.6 Å². The van der Waals surface area contributed by atoms with Crippen LogP contribution in [0.2, 0.25) is 0 Å². The van der Waals surface area contributed by atoms with E-state index in [2.05, 4.69) is 17.1 Å². The molecule has 0 saturated heterocycles. The number of carboxylic acids is 1. The molecule has 0 bridgehead atoms. The van der Waals surface area contributed by atoms with Gasteiger partial charge in [0.2, 0.25) is 0 Å². The number of carbonyl (C=O) groups is 2. The van der Waals surface area contributed by atoms with Crippen LogP contribution in [0.5, 0.6) is 5.75 Å². The number of hydrogen-bond donors (Lipinski definition) is 2. The summed E-state index contributed by atoms with van der Waals surface area (Å²) in [4.78, 5) is 21.2. The van der Waals surface area contributed by atoms with E-state index in [9.17, 15) is 9.59 Å². The number of carbonyl (C=O) groups excluding carboxylic acids is 1. The van der Waals surface area contributed by atoms with E-state index in [4.69, 9.17) is 10.8 Å². The zero-order valence-corrected chi connectivity index (χ0v) is 9.34. The molecule has 0 spiro atoms. The number of nitrogens with two attached hydrogens (primary N) is 1. The zero-order valence-electron chi connectivity index (χ0n) is 9.34. The fourth-order valence-corrected chi connectivity index (χ4v) is 0.887. The van der Waals surface area contributed by atoms with Crippen molar-refractivity contribution in [1.82, 2.24) is 0 Å². The van der Waals surface area contributed by atoms with Gasteiger partial charge in [0.15, 0.2) is 0 Å². The minimum absolute atomic E-state index is 0.0160. The van der Waals surface area contributed by atoms with Gasteiger partial charge in [0.05, 0.1) is 6.54 Å². The quantitative estimate of drug-likeness (QED) is 0.451. The molecule has 5 nitrogen and oxygen atoms in total. The molecule has 0 unspecified atom stereocenters. The molecular formula is C12H13NO4. The first-order valence-corrected chi connectivity index (χ1v) is 4.67. The van der Waals surface area contributed by atoms with Crippen LogP contribution in [0.3, 0.4) is 0 Å². The Labute approximate surface area is 99.2 Å². The maximum absolute atomic E-state index is 10.6. The molecule has 0 atom stereocenters. The van der Waals surface area contributed by atoms with Crippen LogP contribution < -0.4 is 10.5 Å². The van der Waals surface area contributed by atoms with Gasteiger partial charge in [0, 0.05) is 6.92 Å². The molecule has 17 heavy (non-hydrogen) atoms. The maximum Gasteiger partial charge on any atom is 0.339 e. The number of carboxylic acid groups (broad SMARTS) is 1. The summed E-state index contributed by atoms with van der Waals surface area (Å²) in [7, 11) is 0. The van der Waals surface area contributed by atoms with Gasteiger partial charge in [-0.05, 0) is 12.1 Å². The molecule has 0 aliphatic rings. The number of ether oxygens (including phenoxy) is 1. The van der Waals surface area contributed by atoms with E-state index in [0.29, 0.717) is 6.54 Å². The summed E-state index contributed by atoms with van der Waals surface area (Å²) >= 11 is 0. The average molecular weight is 235 g/mol. The molecule has 0 saturated carbocycles. The van der Waals surface area contributed by atoms with Crippen LogP contribution in [-0.2, 0) is 4.79 Å². The molecule has 90 valence electrons. The first-order chi connectivity index (χ1) is 8.02. The van der Waals surface area contributed by atoms with Gasteiger partial charge in [-0.3, -0.25) is 4.79 Å². The molecule has 0 fully saturated rings. The Kier molecular flexibility index (Phi) is 6.83. The van der Waals surface area contributed by atoms with Gasteiger partial charge in [-0.2, -0.15) is 0 Å². The van der Waals surface area contributed by atoms with Crippen molar-refractivity contribution in [3.63, 3.8) is 0 Å². The van der Waals surface area contributed by atoms with Crippen molar-refractivity contribution in [2.45, 2.75) is 6.92 Å². The second kappa shape index (κ2) is 7.91. The van der Waals surface area contributed by atoms with Crippen LogP contribution in [0.1, 0.15) is 17.3 Å². The molecule has 3 N–H and O–H groups in total. The van der Waals surface area contributed by atoms with E-state index in [-0.39, 0.29) is 11.3 Å². The third-order valence-corrected chi connectivity index (χ3v) is 1.49. The molecule has 0 radical (unpaired) electrons. The fourth-order valence-electron chi connectivity index (χ4n) is 0.887. The smallest absolute Gasteiger partial charge is 0.339 e. The lowest BCUT2D eigenvalue weighted by atomic mass is 10.2. The molecule has 0 aliphatic heterocycles. The molecule has 1 rings (SSSR count). The van der Waals surface area contributed by atoms with Crippen molar-refractivity contribution >= 4 is 11.9 Å². The van der Waals surface area contributed by atoms with Crippen LogP contribution in [0.4, 0.5) is 0 Å². The van der Waals surface area contributed by atoms with E-state index < -0.39 is 11.9 Å². The summed E-state index contributed by atoms with van der Waals surface area (Å²) in [5.74, 6) is 0.632. The number of esters is 1. The van der Waals surface area contributed by atoms with E-state index >= 15 is 0 Å². The highest BCUT2D eigenvalue weighted by atomic mass is 16.5. The lowest BCUT2D eigenvalue weighted by Gasteiger charge is -2.03. The van der Waals surface area contributed by atoms with Gasteiger partial charge in [0.25, 0.3) is 0 Å². The van der Waals surface area contributed by atoms with Gasteiger partial charge in [-0.25, -0.2) is 4.79 Å². The van der Waals surface area contributed by atoms with E-state index in [1.165, 1.54) is 19.1 Å². The standard InChI is InChI=1S/C9H8O4.C3H5N/c1-6(10)13-8-5-3-2-4-7(8)9(11)12;1-2-3-4/h2-5H,1H3,(H,11,12);1H,3-4H2. The minimum Gasteiger partial charge on any atom is -0.478 e. The lowest BCUT2D eigenvalue weighted by molar-refractivity contribution is -0.131.